The third-order valence-corrected chi connectivity index (χ3v) is 2.66. The molecule has 0 N–H and O–H groups in total. The van der Waals surface area contributed by atoms with Gasteiger partial charge in [0.05, 0.1) is 18.2 Å². The molecule has 0 amide bonds. The molecule has 1 heterocycles. The van der Waals surface area contributed by atoms with E-state index in [9.17, 15) is 4.39 Å². The molecule has 0 atom stereocenters. The van der Waals surface area contributed by atoms with Crippen molar-refractivity contribution in [3.05, 3.63) is 41.5 Å². The molecule has 0 radical (unpaired) electrons. The Morgan fingerprint density at radius 2 is 2.06 bits per heavy atom. The topological polar surface area (TPSA) is 62.7 Å². The number of hydrogen-bond acceptors (Lipinski definition) is 5. The van der Waals surface area contributed by atoms with E-state index in [-0.39, 0.29) is 11.6 Å². The maximum atomic E-state index is 12.7. The second-order valence-corrected chi connectivity index (χ2v) is 4.14. The van der Waals surface area contributed by atoms with Crippen LogP contribution in [-0.4, -0.2) is 16.0 Å². The van der Waals surface area contributed by atoms with Gasteiger partial charge in [-0.2, -0.15) is 5.26 Å². The fourth-order valence-electron chi connectivity index (χ4n) is 1.24. The van der Waals surface area contributed by atoms with Crippen LogP contribution in [0.15, 0.2) is 33.9 Å². The maximum absolute atomic E-state index is 12.7. The van der Waals surface area contributed by atoms with Crippen molar-refractivity contribution in [1.82, 2.24) is 10.2 Å². The highest BCUT2D eigenvalue weighted by Crippen LogP contribution is 2.17. The minimum Gasteiger partial charge on any atom is -0.416 e. The van der Waals surface area contributed by atoms with Gasteiger partial charge in [-0.3, -0.25) is 0 Å². The van der Waals surface area contributed by atoms with Gasteiger partial charge < -0.3 is 4.42 Å². The molecule has 2 aromatic rings. The second kappa shape index (κ2) is 5.46. The predicted octanol–water partition coefficient (Wildman–Crippen LogP) is 2.42. The molecule has 0 bridgehead atoms. The molecule has 0 unspecified atom stereocenters. The van der Waals surface area contributed by atoms with E-state index >= 15 is 0 Å². The van der Waals surface area contributed by atoms with Crippen molar-refractivity contribution in [2.45, 2.75) is 11.6 Å². The molecule has 0 saturated carbocycles. The number of thioether (sulfide) groups is 1. The fourth-order valence-corrected chi connectivity index (χ4v) is 1.68. The minimum atomic E-state index is -0.274. The molecule has 86 valence electrons. The average molecular weight is 249 g/mol. The van der Waals surface area contributed by atoms with E-state index in [1.165, 1.54) is 23.9 Å². The van der Waals surface area contributed by atoms with Gasteiger partial charge >= 0.3 is 0 Å². The molecule has 0 fully saturated rings. The van der Waals surface area contributed by atoms with Gasteiger partial charge in [0.2, 0.25) is 5.89 Å². The number of benzene rings is 1. The van der Waals surface area contributed by atoms with E-state index in [4.69, 9.17) is 9.68 Å². The lowest BCUT2D eigenvalue weighted by Crippen LogP contribution is -1.88. The van der Waals surface area contributed by atoms with E-state index in [1.54, 1.807) is 12.1 Å². The zero-order chi connectivity index (χ0) is 12.1. The van der Waals surface area contributed by atoms with Crippen LogP contribution in [0, 0.1) is 17.1 Å². The Hall–Kier alpha value is -1.87. The molecule has 6 heteroatoms. The van der Waals surface area contributed by atoms with Crippen molar-refractivity contribution >= 4 is 11.8 Å². The lowest BCUT2D eigenvalue weighted by molar-refractivity contribution is 0.420. The monoisotopic (exact) mass is 249 g/mol. The molecule has 0 spiro atoms. The number of rotatable bonds is 4. The molecule has 0 saturated heterocycles. The van der Waals surface area contributed by atoms with Gasteiger partial charge in [0.1, 0.15) is 5.82 Å². The van der Waals surface area contributed by atoms with Gasteiger partial charge in [0.25, 0.3) is 5.22 Å². The zero-order valence-corrected chi connectivity index (χ0v) is 9.58. The molecular weight excluding hydrogens is 241 g/mol. The first-order chi connectivity index (χ1) is 8.28. The highest BCUT2D eigenvalue weighted by Gasteiger charge is 2.07. The summed E-state index contributed by atoms with van der Waals surface area (Å²) in [5.41, 5.74) is 0.895. The SMILES string of the molecule is N#CCSc1nnc(Cc2ccc(F)cc2)o1. The van der Waals surface area contributed by atoms with Gasteiger partial charge in [-0.25, -0.2) is 4.39 Å². The lowest BCUT2D eigenvalue weighted by Gasteiger charge is -1.95. The van der Waals surface area contributed by atoms with Crippen LogP contribution in [0.5, 0.6) is 0 Å². The number of nitrogens with zero attached hydrogens (tertiary/aromatic N) is 3. The first-order valence-electron chi connectivity index (χ1n) is 4.84. The molecule has 2 rings (SSSR count). The zero-order valence-electron chi connectivity index (χ0n) is 8.76. The summed E-state index contributed by atoms with van der Waals surface area (Å²) < 4.78 is 18.0. The smallest absolute Gasteiger partial charge is 0.277 e. The van der Waals surface area contributed by atoms with Crippen LogP contribution >= 0.6 is 11.8 Å². The number of halogens is 1. The summed E-state index contributed by atoms with van der Waals surface area (Å²) in [5.74, 6) is 0.458. The van der Waals surface area contributed by atoms with E-state index in [0.29, 0.717) is 17.5 Å². The molecule has 17 heavy (non-hydrogen) atoms. The summed E-state index contributed by atoms with van der Waals surface area (Å²) >= 11 is 1.19. The third kappa shape index (κ3) is 3.29. The van der Waals surface area contributed by atoms with Gasteiger partial charge in [0, 0.05) is 0 Å². The Labute approximate surface area is 101 Å². The van der Waals surface area contributed by atoms with Crippen LogP contribution in [0.2, 0.25) is 0 Å². The summed E-state index contributed by atoms with van der Waals surface area (Å²) in [5, 5.41) is 16.4. The summed E-state index contributed by atoms with van der Waals surface area (Å²) in [6.07, 6.45) is 0.459. The van der Waals surface area contributed by atoms with Crippen LogP contribution in [0.4, 0.5) is 4.39 Å². The molecule has 1 aromatic carbocycles. The summed E-state index contributed by atoms with van der Waals surface area (Å²) in [7, 11) is 0. The van der Waals surface area contributed by atoms with E-state index in [2.05, 4.69) is 10.2 Å². The number of hydrogen-bond donors (Lipinski definition) is 0. The highest BCUT2D eigenvalue weighted by molar-refractivity contribution is 7.99. The van der Waals surface area contributed by atoms with Gasteiger partial charge in [-0.15, -0.1) is 10.2 Å². The van der Waals surface area contributed by atoms with Crippen molar-refractivity contribution < 1.29 is 8.81 Å². The van der Waals surface area contributed by atoms with E-state index in [0.717, 1.165) is 5.56 Å². The van der Waals surface area contributed by atoms with Crippen LogP contribution in [0.3, 0.4) is 0 Å². The number of nitriles is 1. The average Bonchev–Trinajstić information content (AvgIpc) is 2.77. The van der Waals surface area contributed by atoms with Crippen molar-refractivity contribution in [1.29, 1.82) is 5.26 Å². The molecule has 0 aliphatic heterocycles. The summed E-state index contributed by atoms with van der Waals surface area (Å²) in [4.78, 5) is 0. The summed E-state index contributed by atoms with van der Waals surface area (Å²) in [6, 6.07) is 8.08. The predicted molar refractivity (Wildman–Crippen MR) is 59.8 cm³/mol. The van der Waals surface area contributed by atoms with Gasteiger partial charge in [0.15, 0.2) is 0 Å². The quantitative estimate of drug-likeness (QED) is 0.778. The number of aromatic nitrogens is 2. The molecule has 0 aliphatic rings. The van der Waals surface area contributed by atoms with Gasteiger partial charge in [-0.1, -0.05) is 23.9 Å². The molecule has 4 nitrogen and oxygen atoms in total. The van der Waals surface area contributed by atoms with E-state index < -0.39 is 0 Å². The van der Waals surface area contributed by atoms with Crippen molar-refractivity contribution in [2.24, 2.45) is 0 Å². The van der Waals surface area contributed by atoms with E-state index in [1.807, 2.05) is 6.07 Å². The Morgan fingerprint density at radius 3 is 2.76 bits per heavy atom. The first kappa shape index (κ1) is 11.6. The van der Waals surface area contributed by atoms with Crippen LogP contribution in [-0.2, 0) is 6.42 Å². The highest BCUT2D eigenvalue weighted by atomic mass is 32.2. The minimum absolute atomic E-state index is 0.274. The Kier molecular flexibility index (Phi) is 3.73. The Balaban J connectivity index is 2.01. The largest absolute Gasteiger partial charge is 0.416 e. The van der Waals surface area contributed by atoms with Crippen LogP contribution < -0.4 is 0 Å². The standard InChI is InChI=1S/C11H8FN3OS/c12-9-3-1-8(2-4-9)7-10-14-15-11(16-10)17-6-5-13/h1-4H,6-7H2. The second-order valence-electron chi connectivity index (χ2n) is 3.21. The maximum Gasteiger partial charge on any atom is 0.277 e. The third-order valence-electron chi connectivity index (χ3n) is 1.98. The van der Waals surface area contributed by atoms with Crippen molar-refractivity contribution in [3.63, 3.8) is 0 Å². The Bertz CT molecular complexity index is 532. The van der Waals surface area contributed by atoms with Crippen LogP contribution in [0.25, 0.3) is 0 Å². The lowest BCUT2D eigenvalue weighted by atomic mass is 10.1. The van der Waals surface area contributed by atoms with Gasteiger partial charge in [-0.05, 0) is 17.7 Å². The Morgan fingerprint density at radius 1 is 1.29 bits per heavy atom. The first-order valence-corrected chi connectivity index (χ1v) is 5.83. The molecule has 0 aliphatic carbocycles. The van der Waals surface area contributed by atoms with Crippen molar-refractivity contribution in [3.8, 4) is 6.07 Å². The van der Waals surface area contributed by atoms with Crippen LogP contribution in [0.1, 0.15) is 11.5 Å². The fraction of sp³-hybridized carbons (Fsp3) is 0.182. The molecular formula is C11H8FN3OS. The van der Waals surface area contributed by atoms with Crippen molar-refractivity contribution in [2.75, 3.05) is 5.75 Å². The summed E-state index contributed by atoms with van der Waals surface area (Å²) in [6.45, 7) is 0. The molecule has 1 aromatic heterocycles. The normalized spacial score (nSPS) is 10.1.